The van der Waals surface area contributed by atoms with E-state index in [0.29, 0.717) is 42.4 Å². The van der Waals surface area contributed by atoms with Gasteiger partial charge in [0.05, 0.1) is 23.2 Å². The lowest BCUT2D eigenvalue weighted by Crippen LogP contribution is -2.69. The maximum atomic E-state index is 14.2. The predicted octanol–water partition coefficient (Wildman–Crippen LogP) is 9.84. The van der Waals surface area contributed by atoms with E-state index in [2.05, 4.69) is 24.8 Å². The van der Waals surface area contributed by atoms with Crippen molar-refractivity contribution in [2.75, 3.05) is 33.5 Å². The molecule has 1 saturated carbocycles. The first-order valence-electron chi connectivity index (χ1n) is 21.4. The first-order chi connectivity index (χ1) is 30.2. The van der Waals surface area contributed by atoms with Crippen LogP contribution in [0.3, 0.4) is 0 Å². The molecule has 0 bridgehead atoms. The molecule has 1 fully saturated rings. The van der Waals surface area contributed by atoms with Crippen molar-refractivity contribution in [1.82, 2.24) is 4.90 Å². The normalized spacial score (nSPS) is 22.9. The van der Waals surface area contributed by atoms with E-state index in [4.69, 9.17) is 28.9 Å². The summed E-state index contributed by atoms with van der Waals surface area (Å²) in [5.74, 6) is -0.153. The maximum Gasteiger partial charge on any atom is 0.415 e. The van der Waals surface area contributed by atoms with Gasteiger partial charge in [-0.3, -0.25) is 10.1 Å². The molecule has 13 heteroatoms. The van der Waals surface area contributed by atoms with Gasteiger partial charge in [0.2, 0.25) is 5.79 Å². The van der Waals surface area contributed by atoms with E-state index >= 15 is 0 Å². The molecule has 326 valence electrons. The van der Waals surface area contributed by atoms with Gasteiger partial charge in [-0.05, 0) is 104 Å². The van der Waals surface area contributed by atoms with Gasteiger partial charge in [0, 0.05) is 50.3 Å². The highest BCUT2D eigenvalue weighted by atomic mass is 16.7. The number of rotatable bonds is 19. The fourth-order valence-corrected chi connectivity index (χ4v) is 9.35. The Morgan fingerprint density at radius 3 is 2.29 bits per heavy atom. The van der Waals surface area contributed by atoms with Crippen molar-refractivity contribution in [1.29, 1.82) is 0 Å². The quantitative estimate of drug-likeness (QED) is 0.0402. The van der Waals surface area contributed by atoms with Gasteiger partial charge in [0.25, 0.3) is 5.69 Å². The minimum absolute atomic E-state index is 0.0215. The number of fused-ring (bicyclic) bond motifs is 2. The minimum Gasteiger partial charge on any atom is -0.459 e. The van der Waals surface area contributed by atoms with E-state index in [1.807, 2.05) is 67.6 Å². The first-order valence-corrected chi connectivity index (χ1v) is 21.4. The van der Waals surface area contributed by atoms with Crippen LogP contribution in [0.1, 0.15) is 63.4 Å². The lowest BCUT2D eigenvalue weighted by molar-refractivity contribution is -0.384. The highest BCUT2D eigenvalue weighted by Gasteiger charge is 2.65. The number of nitro groups is 1. The van der Waals surface area contributed by atoms with E-state index in [9.17, 15) is 25.1 Å². The van der Waals surface area contributed by atoms with Crippen LogP contribution in [-0.4, -0.2) is 77.1 Å². The molecule has 4 aromatic rings. The van der Waals surface area contributed by atoms with Gasteiger partial charge in [-0.2, -0.15) is 0 Å². The molecule has 0 spiro atoms. The average molecular weight is 846 g/mol. The number of allylic oxidation sites excluding steroid dienone is 1. The summed E-state index contributed by atoms with van der Waals surface area (Å²) in [4.78, 5) is 32.2. The highest BCUT2D eigenvalue weighted by molar-refractivity contribution is 6.03. The molecule has 6 unspecified atom stereocenters. The zero-order chi connectivity index (χ0) is 43.6. The molecule has 62 heavy (non-hydrogen) atoms. The molecule has 13 nitrogen and oxygen atoms in total. The Bertz CT molecular complexity index is 2230. The number of aliphatic hydroxyl groups is 2. The Morgan fingerprint density at radius 2 is 1.61 bits per heavy atom. The molecule has 1 heterocycles. The lowest BCUT2D eigenvalue weighted by atomic mass is 9.55. The average Bonchev–Trinajstić information content (AvgIpc) is 3.29. The van der Waals surface area contributed by atoms with E-state index in [1.165, 1.54) is 29.2 Å². The van der Waals surface area contributed by atoms with Gasteiger partial charge >= 0.3 is 6.09 Å². The van der Waals surface area contributed by atoms with Crippen LogP contribution in [0.15, 0.2) is 127 Å². The van der Waals surface area contributed by atoms with Crippen molar-refractivity contribution >= 4 is 17.5 Å². The second-order valence-corrected chi connectivity index (χ2v) is 15.9. The Hall–Kier alpha value is -6.02. The van der Waals surface area contributed by atoms with Gasteiger partial charge in [-0.1, -0.05) is 72.6 Å². The van der Waals surface area contributed by atoms with Crippen LogP contribution < -0.4 is 14.2 Å². The number of ether oxygens (including phenoxy) is 4. The van der Waals surface area contributed by atoms with Crippen LogP contribution in [0.4, 0.5) is 10.5 Å². The van der Waals surface area contributed by atoms with E-state index < -0.39 is 28.8 Å². The zero-order valence-electron chi connectivity index (χ0n) is 35.3. The zero-order valence-corrected chi connectivity index (χ0v) is 35.3. The minimum atomic E-state index is -1.48. The molecule has 0 saturated heterocycles. The summed E-state index contributed by atoms with van der Waals surface area (Å²) in [6.45, 7) is 6.41. The van der Waals surface area contributed by atoms with Gasteiger partial charge in [-0.25, -0.2) is 4.79 Å². The molecule has 2 N–H and O–H groups in total. The fraction of sp³-hybridized carbons (Fsp3) is 0.388. The Morgan fingerprint density at radius 1 is 0.935 bits per heavy atom. The number of hydrogen-bond acceptors (Lipinski definition) is 11. The second-order valence-electron chi connectivity index (χ2n) is 15.9. The van der Waals surface area contributed by atoms with Crippen LogP contribution in [0, 0.1) is 27.9 Å². The number of carbonyl (C=O) groups is 1. The van der Waals surface area contributed by atoms with Crippen LogP contribution in [0.2, 0.25) is 0 Å². The third-order valence-electron chi connectivity index (χ3n) is 12.2. The summed E-state index contributed by atoms with van der Waals surface area (Å²) in [6, 6.07) is 28.5. The summed E-state index contributed by atoms with van der Waals surface area (Å²) >= 11 is 0. The molecule has 2 aliphatic carbocycles. The van der Waals surface area contributed by atoms with Gasteiger partial charge < -0.3 is 38.9 Å². The summed E-state index contributed by atoms with van der Waals surface area (Å²) in [6.07, 6.45) is 7.86. The number of likely N-dealkylation sites (N-methyl/N-ethyl adjacent to an activating group) is 1. The van der Waals surface area contributed by atoms with Crippen molar-refractivity contribution in [2.24, 2.45) is 22.9 Å². The largest absolute Gasteiger partial charge is 0.459 e. The maximum absolute atomic E-state index is 14.2. The molecular formula is C49H55N3O10. The number of carbonyl (C=O) groups excluding carboxylic acids is 1. The standard InChI is InChI=1S/C49H55N3O10/c1-4-29-58-49-45(51(3)48(55)61-38-23-19-36(20-24-38)52(56)57)32-43(50-59-5-2)41-30-35(15-9-11-27-53)40(16-10-12-28-54)46(47(41)49)42-31-39(25-26-44(42)62-49)60-37-21-17-34(18-22-37)33-13-7-6-8-14-33/h4,6-8,13-14,17-26,30-31,35,40,45-47,53-54H,1,5,9-12,15-16,27-29,32H2,2-3H3. The summed E-state index contributed by atoms with van der Waals surface area (Å²) in [5.41, 5.74) is 4.53. The predicted molar refractivity (Wildman–Crippen MR) is 235 cm³/mol. The van der Waals surface area contributed by atoms with Crippen LogP contribution in [-0.2, 0) is 9.57 Å². The number of amides is 1. The number of unbranched alkanes of at least 4 members (excludes halogenated alkanes) is 2. The molecule has 3 aliphatic rings. The summed E-state index contributed by atoms with van der Waals surface area (Å²) < 4.78 is 26.5. The number of nitrogens with zero attached hydrogens (tertiary/aromatic N) is 3. The fourth-order valence-electron chi connectivity index (χ4n) is 9.35. The molecule has 7 rings (SSSR count). The van der Waals surface area contributed by atoms with E-state index in [0.717, 1.165) is 47.9 Å². The van der Waals surface area contributed by atoms with Crippen molar-refractivity contribution in [3.8, 4) is 34.1 Å². The summed E-state index contributed by atoms with van der Waals surface area (Å²) in [7, 11) is 1.62. The summed E-state index contributed by atoms with van der Waals surface area (Å²) in [5, 5.41) is 35.8. The number of non-ortho nitro benzene ring substituents is 1. The Balaban J connectivity index is 1.35. The van der Waals surface area contributed by atoms with Gasteiger partial charge in [0.1, 0.15) is 35.6 Å². The monoisotopic (exact) mass is 845 g/mol. The van der Waals surface area contributed by atoms with E-state index in [-0.39, 0.29) is 55.4 Å². The number of hydrogen-bond donors (Lipinski definition) is 2. The molecular weight excluding hydrogens is 791 g/mol. The number of aliphatic hydroxyl groups excluding tert-OH is 2. The van der Waals surface area contributed by atoms with E-state index in [1.54, 1.807) is 13.1 Å². The second kappa shape index (κ2) is 20.2. The van der Waals surface area contributed by atoms with Crippen LogP contribution in [0.25, 0.3) is 11.1 Å². The third-order valence-corrected chi connectivity index (χ3v) is 12.2. The van der Waals surface area contributed by atoms with Crippen molar-refractivity contribution in [3.05, 3.63) is 137 Å². The van der Waals surface area contributed by atoms with Crippen LogP contribution >= 0.6 is 0 Å². The molecule has 4 aromatic carbocycles. The number of oxime groups is 1. The van der Waals surface area contributed by atoms with Gasteiger partial charge in [-0.15, -0.1) is 6.58 Å². The first kappa shape index (κ1) is 44.0. The number of benzene rings is 4. The van der Waals surface area contributed by atoms with Crippen molar-refractivity contribution in [2.45, 2.75) is 69.6 Å². The lowest BCUT2D eigenvalue weighted by Gasteiger charge is -2.59. The Kier molecular flexibility index (Phi) is 14.4. The number of nitro benzene ring substituents is 1. The molecule has 6 atom stereocenters. The highest BCUT2D eigenvalue weighted by Crippen LogP contribution is 2.62. The Labute approximate surface area is 362 Å². The topological polar surface area (TPSA) is 162 Å². The third kappa shape index (κ3) is 9.40. The van der Waals surface area contributed by atoms with Gasteiger partial charge in [0.15, 0.2) is 0 Å². The molecule has 0 radical (unpaired) electrons. The van der Waals surface area contributed by atoms with Crippen molar-refractivity contribution < 1.29 is 43.7 Å². The molecule has 0 aromatic heterocycles. The smallest absolute Gasteiger partial charge is 0.415 e. The molecule has 1 aliphatic heterocycles. The SMILES string of the molecule is C=CCOC12Oc3ccc(Oc4ccc(-c5ccccc5)cc4)cc3C3C(CCCCO)C(CCCCO)C=C(C(=NOCC)CC1N(C)C(=O)Oc1ccc([N+](=O)[O-])cc1)C32. The van der Waals surface area contributed by atoms with Crippen LogP contribution in [0.5, 0.6) is 23.0 Å². The molecule has 1 amide bonds. The van der Waals surface area contributed by atoms with Crippen molar-refractivity contribution in [3.63, 3.8) is 0 Å².